The number of para-hydroxylation sites is 2. The quantitative estimate of drug-likeness (QED) is 0.439. The normalized spacial score (nSPS) is 16.0. The maximum Gasteiger partial charge on any atom is 0.416 e. The van der Waals surface area contributed by atoms with Gasteiger partial charge in [0.15, 0.2) is 0 Å². The second-order valence-electron chi connectivity index (χ2n) is 8.72. The lowest BCUT2D eigenvalue weighted by atomic mass is 10.1. The molecule has 1 fully saturated rings. The summed E-state index contributed by atoms with van der Waals surface area (Å²) in [4.78, 5) is 35.3. The van der Waals surface area contributed by atoms with Crippen molar-refractivity contribution in [3.8, 4) is 5.82 Å². The Bertz CT molecular complexity index is 1420. The summed E-state index contributed by atoms with van der Waals surface area (Å²) in [6.07, 6.45) is -1.05. The van der Waals surface area contributed by atoms with Crippen molar-refractivity contribution < 1.29 is 22.8 Å². The number of nitrogens with one attached hydrogen (secondary N) is 1. The first-order chi connectivity index (χ1) is 17.3. The van der Waals surface area contributed by atoms with Crippen molar-refractivity contribution >= 4 is 22.8 Å². The van der Waals surface area contributed by atoms with Gasteiger partial charge in [-0.15, -0.1) is 0 Å². The number of carbonyl (C=O) groups is 2. The molecule has 2 aromatic heterocycles. The van der Waals surface area contributed by atoms with Gasteiger partial charge < -0.3 is 10.2 Å². The zero-order valence-electron chi connectivity index (χ0n) is 19.1. The molecule has 4 aromatic rings. The Morgan fingerprint density at radius 2 is 1.86 bits per heavy atom. The van der Waals surface area contributed by atoms with Gasteiger partial charge in [-0.25, -0.2) is 9.97 Å². The van der Waals surface area contributed by atoms with E-state index in [4.69, 9.17) is 0 Å². The predicted octanol–water partition coefficient (Wildman–Crippen LogP) is 4.10. The zero-order valence-corrected chi connectivity index (χ0v) is 19.1. The molecule has 7 nitrogen and oxygen atoms in total. The van der Waals surface area contributed by atoms with E-state index >= 15 is 0 Å². The summed E-state index contributed by atoms with van der Waals surface area (Å²) in [5.74, 6) is -0.399. The molecule has 0 bridgehead atoms. The van der Waals surface area contributed by atoms with Gasteiger partial charge in [-0.3, -0.25) is 14.2 Å². The van der Waals surface area contributed by atoms with Crippen LogP contribution in [0.25, 0.3) is 16.9 Å². The number of hydrogen-bond donors (Lipinski definition) is 1. The van der Waals surface area contributed by atoms with Crippen molar-refractivity contribution in [2.24, 2.45) is 5.92 Å². The molecule has 3 heterocycles. The van der Waals surface area contributed by atoms with E-state index in [0.29, 0.717) is 11.4 Å². The van der Waals surface area contributed by atoms with E-state index in [0.717, 1.165) is 28.7 Å². The Morgan fingerprint density at radius 3 is 2.64 bits per heavy atom. The molecule has 1 saturated heterocycles. The topological polar surface area (TPSA) is 80.1 Å². The fourth-order valence-electron chi connectivity index (χ4n) is 4.31. The Kier molecular flexibility index (Phi) is 6.17. The summed E-state index contributed by atoms with van der Waals surface area (Å²) in [6.45, 7) is 0.432. The second kappa shape index (κ2) is 9.44. The number of pyridine rings is 1. The number of carbonyl (C=O) groups excluding carboxylic acids is 2. The molecule has 1 aliphatic rings. The van der Waals surface area contributed by atoms with E-state index in [9.17, 15) is 22.8 Å². The Hall–Kier alpha value is -4.21. The van der Waals surface area contributed by atoms with Gasteiger partial charge in [0.25, 0.3) is 0 Å². The van der Waals surface area contributed by atoms with Crippen LogP contribution in [0.4, 0.5) is 13.2 Å². The van der Waals surface area contributed by atoms with Crippen LogP contribution in [0.1, 0.15) is 23.1 Å². The number of halogens is 3. The molecule has 36 heavy (non-hydrogen) atoms. The minimum Gasteiger partial charge on any atom is -0.352 e. The standard InChI is InChI=1S/C26H22F3N5O2/c27-26(28,29)20-5-3-4-17(10-20)14-33-15-19(11-24(33)35)25(36)31-13-18-8-9-23(30-12-18)34-16-32-21-6-1-2-7-22(21)34/h1-10,12,16,19H,11,13-15H2,(H,31,36). The largest absolute Gasteiger partial charge is 0.416 e. The molecule has 0 spiro atoms. The van der Waals surface area contributed by atoms with Crippen LogP contribution in [0, 0.1) is 5.92 Å². The first-order valence-corrected chi connectivity index (χ1v) is 11.4. The van der Waals surface area contributed by atoms with Crippen LogP contribution in [0.2, 0.25) is 0 Å². The van der Waals surface area contributed by atoms with Crippen LogP contribution in [-0.4, -0.2) is 37.8 Å². The minimum absolute atomic E-state index is 0.0235. The molecule has 2 amide bonds. The van der Waals surface area contributed by atoms with Gasteiger partial charge in [0.2, 0.25) is 11.8 Å². The fraction of sp³-hybridized carbons (Fsp3) is 0.231. The van der Waals surface area contributed by atoms with Crippen molar-refractivity contribution in [1.82, 2.24) is 24.8 Å². The number of fused-ring (bicyclic) bond motifs is 1. The molecule has 1 unspecified atom stereocenters. The molecule has 0 aliphatic carbocycles. The van der Waals surface area contributed by atoms with E-state index in [2.05, 4.69) is 15.3 Å². The highest BCUT2D eigenvalue weighted by atomic mass is 19.4. The van der Waals surface area contributed by atoms with Crippen molar-refractivity contribution in [2.75, 3.05) is 6.54 Å². The molecular weight excluding hydrogens is 471 g/mol. The lowest BCUT2D eigenvalue weighted by Gasteiger charge is -2.17. The van der Waals surface area contributed by atoms with Gasteiger partial charge in [-0.1, -0.05) is 30.3 Å². The number of imidazole rings is 1. The lowest BCUT2D eigenvalue weighted by molar-refractivity contribution is -0.137. The smallest absolute Gasteiger partial charge is 0.352 e. The van der Waals surface area contributed by atoms with Gasteiger partial charge in [-0.2, -0.15) is 13.2 Å². The van der Waals surface area contributed by atoms with Gasteiger partial charge in [-0.05, 0) is 41.5 Å². The highest BCUT2D eigenvalue weighted by Gasteiger charge is 2.35. The van der Waals surface area contributed by atoms with E-state index in [-0.39, 0.29) is 37.9 Å². The van der Waals surface area contributed by atoms with Gasteiger partial charge in [0, 0.05) is 32.3 Å². The SMILES string of the molecule is O=C(NCc1ccc(-n2cnc3ccccc32)nc1)C1CC(=O)N(Cc2cccc(C(F)(F)F)c2)C1. The van der Waals surface area contributed by atoms with E-state index in [1.165, 1.54) is 11.0 Å². The highest BCUT2D eigenvalue weighted by molar-refractivity contribution is 5.89. The molecule has 184 valence electrons. The third-order valence-corrected chi connectivity index (χ3v) is 6.19. The van der Waals surface area contributed by atoms with Crippen LogP contribution in [-0.2, 0) is 28.9 Å². The molecule has 5 rings (SSSR count). The maximum absolute atomic E-state index is 13.0. The number of likely N-dealkylation sites (tertiary alicyclic amines) is 1. The molecule has 10 heteroatoms. The summed E-state index contributed by atoms with van der Waals surface area (Å²) in [5.41, 5.74) is 2.20. The fourth-order valence-corrected chi connectivity index (χ4v) is 4.31. The molecule has 1 aliphatic heterocycles. The summed E-state index contributed by atoms with van der Waals surface area (Å²) in [5, 5.41) is 2.83. The maximum atomic E-state index is 13.0. The van der Waals surface area contributed by atoms with Crippen LogP contribution in [0.5, 0.6) is 0 Å². The van der Waals surface area contributed by atoms with Gasteiger partial charge in [0.05, 0.1) is 22.5 Å². The molecule has 1 N–H and O–H groups in total. The summed E-state index contributed by atoms with van der Waals surface area (Å²) < 4.78 is 40.8. The minimum atomic E-state index is -4.45. The van der Waals surface area contributed by atoms with Crippen molar-refractivity contribution in [3.63, 3.8) is 0 Å². The molecule has 1 atom stereocenters. The predicted molar refractivity (Wildman–Crippen MR) is 126 cm³/mol. The summed E-state index contributed by atoms with van der Waals surface area (Å²) in [7, 11) is 0. The number of benzene rings is 2. The molecule has 0 saturated carbocycles. The number of nitrogens with zero attached hydrogens (tertiary/aromatic N) is 4. The third-order valence-electron chi connectivity index (χ3n) is 6.19. The average Bonchev–Trinajstić information content (AvgIpc) is 3.46. The lowest BCUT2D eigenvalue weighted by Crippen LogP contribution is -2.32. The summed E-state index contributed by atoms with van der Waals surface area (Å²) >= 11 is 0. The van der Waals surface area contributed by atoms with E-state index in [1.807, 2.05) is 41.0 Å². The number of alkyl halides is 3. The number of rotatable bonds is 6. The number of amides is 2. The zero-order chi connectivity index (χ0) is 25.3. The Labute approximate surface area is 204 Å². The third kappa shape index (κ3) is 4.93. The highest BCUT2D eigenvalue weighted by Crippen LogP contribution is 2.30. The van der Waals surface area contributed by atoms with Crippen LogP contribution in [0.3, 0.4) is 0 Å². The van der Waals surface area contributed by atoms with Crippen LogP contribution in [0.15, 0.2) is 73.2 Å². The second-order valence-corrected chi connectivity index (χ2v) is 8.72. The first-order valence-electron chi connectivity index (χ1n) is 11.4. The van der Waals surface area contributed by atoms with Crippen LogP contribution >= 0.6 is 0 Å². The molecule has 2 aromatic carbocycles. The van der Waals surface area contributed by atoms with Gasteiger partial charge >= 0.3 is 6.18 Å². The van der Waals surface area contributed by atoms with Gasteiger partial charge in [0.1, 0.15) is 12.1 Å². The molecule has 0 radical (unpaired) electrons. The van der Waals surface area contributed by atoms with Crippen molar-refractivity contribution in [1.29, 1.82) is 0 Å². The Balaban J connectivity index is 1.17. The first kappa shape index (κ1) is 23.5. The van der Waals surface area contributed by atoms with Crippen molar-refractivity contribution in [3.05, 3.63) is 89.9 Å². The molecular formula is C26H22F3N5O2. The van der Waals surface area contributed by atoms with Crippen LogP contribution < -0.4 is 5.32 Å². The number of aromatic nitrogens is 3. The van der Waals surface area contributed by atoms with E-state index < -0.39 is 17.7 Å². The summed E-state index contributed by atoms with van der Waals surface area (Å²) in [6, 6.07) is 16.3. The van der Waals surface area contributed by atoms with Crippen molar-refractivity contribution in [2.45, 2.75) is 25.7 Å². The number of hydrogen-bond acceptors (Lipinski definition) is 4. The average molecular weight is 493 g/mol. The van der Waals surface area contributed by atoms with E-state index in [1.54, 1.807) is 18.6 Å². The Morgan fingerprint density at radius 1 is 1.03 bits per heavy atom. The monoisotopic (exact) mass is 493 g/mol.